The van der Waals surface area contributed by atoms with Gasteiger partial charge in [-0.1, -0.05) is 18.2 Å². The molecule has 4 nitrogen and oxygen atoms in total. The highest BCUT2D eigenvalue weighted by Crippen LogP contribution is 2.26. The fourth-order valence-electron chi connectivity index (χ4n) is 3.16. The molecule has 3 aromatic rings. The van der Waals surface area contributed by atoms with Gasteiger partial charge in [0.05, 0.1) is 23.0 Å². The summed E-state index contributed by atoms with van der Waals surface area (Å²) in [5.74, 6) is -0.255. The van der Waals surface area contributed by atoms with Crippen molar-refractivity contribution in [3.05, 3.63) is 70.1 Å². The molecule has 1 fully saturated rings. The summed E-state index contributed by atoms with van der Waals surface area (Å²) < 4.78 is 19.5. The molecule has 6 heteroatoms. The van der Waals surface area contributed by atoms with Crippen LogP contribution in [0.25, 0.3) is 11.3 Å². The van der Waals surface area contributed by atoms with E-state index in [9.17, 15) is 4.39 Å². The number of rotatable bonds is 4. The first-order chi connectivity index (χ1) is 12.7. The number of aryl methyl sites for hydroxylation is 1. The van der Waals surface area contributed by atoms with Gasteiger partial charge in [-0.2, -0.15) is 0 Å². The van der Waals surface area contributed by atoms with Crippen LogP contribution in [-0.4, -0.2) is 34.6 Å². The van der Waals surface area contributed by atoms with E-state index in [2.05, 4.69) is 9.88 Å². The van der Waals surface area contributed by atoms with Gasteiger partial charge in [0.15, 0.2) is 0 Å². The molecule has 26 heavy (non-hydrogen) atoms. The molecule has 0 unspecified atom stereocenters. The van der Waals surface area contributed by atoms with Crippen LogP contribution in [0.2, 0.25) is 0 Å². The van der Waals surface area contributed by atoms with E-state index < -0.39 is 0 Å². The second-order valence-electron chi connectivity index (χ2n) is 6.40. The van der Waals surface area contributed by atoms with Gasteiger partial charge in [-0.3, -0.25) is 9.88 Å². The summed E-state index contributed by atoms with van der Waals surface area (Å²) in [5.41, 5.74) is 2.43. The molecule has 0 spiro atoms. The predicted molar refractivity (Wildman–Crippen MR) is 100 cm³/mol. The molecule has 0 aliphatic carbocycles. The number of nitrogens with zero attached hydrogens (tertiary/aromatic N) is 3. The average Bonchev–Trinajstić information content (AvgIpc) is 3.07. The van der Waals surface area contributed by atoms with Crippen molar-refractivity contribution in [2.75, 3.05) is 19.7 Å². The molecular formula is C20H20FN3OS. The largest absolute Gasteiger partial charge is 0.369 e. The van der Waals surface area contributed by atoms with Crippen LogP contribution in [0.4, 0.5) is 4.39 Å². The van der Waals surface area contributed by atoms with Crippen molar-refractivity contribution in [3.8, 4) is 11.3 Å². The Morgan fingerprint density at radius 1 is 1.27 bits per heavy atom. The van der Waals surface area contributed by atoms with Gasteiger partial charge in [0, 0.05) is 36.3 Å². The Hall–Kier alpha value is -2.15. The maximum atomic E-state index is 13.5. The lowest BCUT2D eigenvalue weighted by Crippen LogP contribution is -2.37. The maximum absolute atomic E-state index is 13.5. The van der Waals surface area contributed by atoms with E-state index in [0.29, 0.717) is 6.61 Å². The summed E-state index contributed by atoms with van der Waals surface area (Å²) in [7, 11) is 0. The van der Waals surface area contributed by atoms with Gasteiger partial charge in [-0.15, -0.1) is 11.3 Å². The average molecular weight is 369 g/mol. The minimum absolute atomic E-state index is 0.0775. The molecule has 1 atom stereocenters. The molecule has 1 aliphatic rings. The van der Waals surface area contributed by atoms with Gasteiger partial charge in [0.25, 0.3) is 0 Å². The highest BCUT2D eigenvalue weighted by molar-refractivity contribution is 7.11. The molecule has 0 amide bonds. The van der Waals surface area contributed by atoms with Crippen LogP contribution in [0.5, 0.6) is 0 Å². The lowest BCUT2D eigenvalue weighted by atomic mass is 10.1. The van der Waals surface area contributed by atoms with Crippen LogP contribution >= 0.6 is 11.3 Å². The topological polar surface area (TPSA) is 38.2 Å². The first-order valence-corrected chi connectivity index (χ1v) is 9.47. The first kappa shape index (κ1) is 17.3. The monoisotopic (exact) mass is 369 g/mol. The predicted octanol–water partition coefficient (Wildman–Crippen LogP) is 4.23. The number of thiazole rings is 1. The number of hydrogen-bond donors (Lipinski definition) is 0. The van der Waals surface area contributed by atoms with Gasteiger partial charge in [-0.05, 0) is 31.2 Å². The number of hydrogen-bond acceptors (Lipinski definition) is 5. The Labute approximate surface area is 156 Å². The van der Waals surface area contributed by atoms with E-state index in [4.69, 9.17) is 9.72 Å². The Balaban J connectivity index is 1.50. The van der Waals surface area contributed by atoms with Gasteiger partial charge in [-0.25, -0.2) is 9.37 Å². The standard InChI is InChI=1S/C20H20FN3OS/c1-14-22-11-17(26-14)12-24-8-9-25-20(13-24)19-7-3-6-18(23-19)15-4-2-5-16(21)10-15/h2-7,10-11,20H,8-9,12-13H2,1H3/t20-/m1/s1. The lowest BCUT2D eigenvalue weighted by molar-refractivity contribution is -0.0346. The van der Waals surface area contributed by atoms with Crippen LogP contribution in [0, 0.1) is 12.7 Å². The maximum Gasteiger partial charge on any atom is 0.123 e. The second kappa shape index (κ2) is 7.61. The minimum atomic E-state index is -0.255. The molecule has 134 valence electrons. The van der Waals surface area contributed by atoms with E-state index in [-0.39, 0.29) is 11.9 Å². The summed E-state index contributed by atoms with van der Waals surface area (Å²) in [4.78, 5) is 12.7. The van der Waals surface area contributed by atoms with Crippen LogP contribution < -0.4 is 0 Å². The molecule has 3 heterocycles. The number of halogens is 1. The fourth-order valence-corrected chi connectivity index (χ4v) is 4.00. The molecule has 1 aromatic carbocycles. The molecule has 1 aliphatic heterocycles. The third kappa shape index (κ3) is 3.98. The van der Waals surface area contributed by atoms with Gasteiger partial charge < -0.3 is 4.74 Å². The van der Waals surface area contributed by atoms with E-state index in [1.54, 1.807) is 17.4 Å². The SMILES string of the molecule is Cc1ncc(CN2CCO[C@@H](c3cccc(-c4cccc(F)c4)n3)C2)s1. The van der Waals surface area contributed by atoms with Crippen molar-refractivity contribution in [1.82, 2.24) is 14.9 Å². The summed E-state index contributed by atoms with van der Waals surface area (Å²) in [6, 6.07) is 12.4. The fraction of sp³-hybridized carbons (Fsp3) is 0.300. The number of morpholine rings is 1. The number of aromatic nitrogens is 2. The Bertz CT molecular complexity index is 898. The van der Waals surface area contributed by atoms with Crippen molar-refractivity contribution in [3.63, 3.8) is 0 Å². The molecule has 0 bridgehead atoms. The number of benzene rings is 1. The van der Waals surface area contributed by atoms with Crippen LogP contribution in [0.1, 0.15) is 21.7 Å². The summed E-state index contributed by atoms with van der Waals surface area (Å²) >= 11 is 1.73. The Kier molecular flexibility index (Phi) is 5.06. The zero-order valence-corrected chi connectivity index (χ0v) is 15.4. The smallest absolute Gasteiger partial charge is 0.123 e. The Morgan fingerprint density at radius 3 is 2.96 bits per heavy atom. The van der Waals surface area contributed by atoms with Crippen LogP contribution in [-0.2, 0) is 11.3 Å². The summed E-state index contributed by atoms with van der Waals surface area (Å²) in [6.45, 7) is 5.27. The second-order valence-corrected chi connectivity index (χ2v) is 7.72. The number of ether oxygens (including phenoxy) is 1. The molecule has 2 aromatic heterocycles. The van der Waals surface area contributed by atoms with Crippen molar-refractivity contribution < 1.29 is 9.13 Å². The van der Waals surface area contributed by atoms with E-state index in [1.165, 1.54) is 17.0 Å². The molecule has 1 saturated heterocycles. The van der Waals surface area contributed by atoms with Gasteiger partial charge in [0.2, 0.25) is 0 Å². The van der Waals surface area contributed by atoms with E-state index >= 15 is 0 Å². The van der Waals surface area contributed by atoms with Gasteiger partial charge in [0.1, 0.15) is 11.9 Å². The normalized spacial score (nSPS) is 18.2. The summed E-state index contributed by atoms with van der Waals surface area (Å²) in [6.07, 6.45) is 1.87. The third-order valence-electron chi connectivity index (χ3n) is 4.42. The molecule has 0 saturated carbocycles. The van der Waals surface area contributed by atoms with E-state index in [0.717, 1.165) is 41.6 Å². The quantitative estimate of drug-likeness (QED) is 0.690. The van der Waals surface area contributed by atoms with Crippen LogP contribution in [0.3, 0.4) is 0 Å². The Morgan fingerprint density at radius 2 is 2.15 bits per heavy atom. The minimum Gasteiger partial charge on any atom is -0.369 e. The zero-order valence-electron chi connectivity index (χ0n) is 14.6. The van der Waals surface area contributed by atoms with Crippen molar-refractivity contribution in [1.29, 1.82) is 0 Å². The molecular weight excluding hydrogens is 349 g/mol. The third-order valence-corrected chi connectivity index (χ3v) is 5.32. The molecule has 4 rings (SSSR count). The van der Waals surface area contributed by atoms with E-state index in [1.807, 2.05) is 37.4 Å². The molecule has 0 N–H and O–H groups in total. The van der Waals surface area contributed by atoms with Crippen molar-refractivity contribution >= 4 is 11.3 Å². The van der Waals surface area contributed by atoms with Crippen LogP contribution in [0.15, 0.2) is 48.7 Å². The zero-order chi connectivity index (χ0) is 17.9. The van der Waals surface area contributed by atoms with Crippen molar-refractivity contribution in [2.45, 2.75) is 19.6 Å². The number of pyridine rings is 1. The molecule has 0 radical (unpaired) electrons. The van der Waals surface area contributed by atoms with Gasteiger partial charge >= 0.3 is 0 Å². The van der Waals surface area contributed by atoms with Crippen molar-refractivity contribution in [2.24, 2.45) is 0 Å². The lowest BCUT2D eigenvalue weighted by Gasteiger charge is -2.32. The highest BCUT2D eigenvalue weighted by atomic mass is 32.1. The first-order valence-electron chi connectivity index (χ1n) is 8.65. The highest BCUT2D eigenvalue weighted by Gasteiger charge is 2.23. The summed E-state index contributed by atoms with van der Waals surface area (Å²) in [5, 5.41) is 1.09.